The summed E-state index contributed by atoms with van der Waals surface area (Å²) in [4.78, 5) is 16.5. The highest BCUT2D eigenvalue weighted by atomic mass is 32.2. The van der Waals surface area contributed by atoms with Gasteiger partial charge in [0.05, 0.1) is 13.2 Å². The fraction of sp³-hybridized carbons (Fsp3) is 0.588. The maximum Gasteiger partial charge on any atom is 0.321 e. The molecule has 0 aromatic heterocycles. The van der Waals surface area contributed by atoms with Gasteiger partial charge in [-0.1, -0.05) is 12.1 Å². The molecule has 0 bridgehead atoms. The second-order valence-electron chi connectivity index (χ2n) is 5.98. The number of benzene rings is 1. The van der Waals surface area contributed by atoms with E-state index in [1.807, 2.05) is 28.8 Å². The summed E-state index contributed by atoms with van der Waals surface area (Å²) in [6, 6.07) is 8.62. The smallest absolute Gasteiger partial charge is 0.321 e. The minimum atomic E-state index is 0.0132. The van der Waals surface area contributed by atoms with E-state index in [-0.39, 0.29) is 6.03 Å². The molecule has 2 aliphatic rings. The van der Waals surface area contributed by atoms with Gasteiger partial charge in [0.2, 0.25) is 0 Å². The number of anilines is 1. The lowest BCUT2D eigenvalue weighted by Crippen LogP contribution is -2.40. The largest absolute Gasteiger partial charge is 0.379 e. The number of hydrogen-bond acceptors (Lipinski definition) is 4. The second-order valence-corrected chi connectivity index (χ2v) is 7.20. The van der Waals surface area contributed by atoms with Crippen molar-refractivity contribution < 1.29 is 9.53 Å². The van der Waals surface area contributed by atoms with Crippen LogP contribution in [0, 0.1) is 0 Å². The Morgan fingerprint density at radius 3 is 2.43 bits per heavy atom. The Morgan fingerprint density at radius 1 is 1.13 bits per heavy atom. The Balaban J connectivity index is 1.56. The molecule has 2 fully saturated rings. The van der Waals surface area contributed by atoms with Crippen molar-refractivity contribution in [2.45, 2.75) is 13.0 Å². The summed E-state index contributed by atoms with van der Waals surface area (Å²) >= 11 is 1.91. The van der Waals surface area contributed by atoms with Crippen molar-refractivity contribution in [3.05, 3.63) is 29.8 Å². The Hall–Kier alpha value is -1.24. The van der Waals surface area contributed by atoms with Crippen LogP contribution in [0.15, 0.2) is 24.3 Å². The average Bonchev–Trinajstić information content (AvgIpc) is 2.63. The first-order valence-electron chi connectivity index (χ1n) is 8.29. The van der Waals surface area contributed by atoms with Crippen molar-refractivity contribution in [2.24, 2.45) is 0 Å². The number of rotatable bonds is 3. The van der Waals surface area contributed by atoms with Gasteiger partial charge in [-0.15, -0.1) is 0 Å². The maximum absolute atomic E-state index is 12.2. The lowest BCUT2D eigenvalue weighted by atomic mass is 10.1. The molecule has 0 radical (unpaired) electrons. The molecule has 1 atom stereocenters. The quantitative estimate of drug-likeness (QED) is 0.922. The lowest BCUT2D eigenvalue weighted by molar-refractivity contribution is 0.0198. The molecule has 1 aromatic carbocycles. The van der Waals surface area contributed by atoms with Crippen molar-refractivity contribution in [3.63, 3.8) is 0 Å². The molecule has 23 heavy (non-hydrogen) atoms. The van der Waals surface area contributed by atoms with Crippen molar-refractivity contribution in [2.75, 3.05) is 56.2 Å². The highest BCUT2D eigenvalue weighted by Crippen LogP contribution is 2.23. The van der Waals surface area contributed by atoms with Gasteiger partial charge in [0, 0.05) is 49.4 Å². The molecule has 2 amide bonds. The van der Waals surface area contributed by atoms with Gasteiger partial charge in [0.15, 0.2) is 0 Å². The van der Waals surface area contributed by atoms with Crippen LogP contribution in [-0.4, -0.2) is 66.7 Å². The molecule has 1 N–H and O–H groups in total. The van der Waals surface area contributed by atoms with Gasteiger partial charge in [0.1, 0.15) is 0 Å². The molecule has 126 valence electrons. The molecule has 0 saturated carbocycles. The Bertz CT molecular complexity index is 511. The first kappa shape index (κ1) is 16.6. The third-order valence-corrected chi connectivity index (χ3v) is 5.48. The highest BCUT2D eigenvalue weighted by Gasteiger charge is 2.19. The third-order valence-electron chi connectivity index (χ3n) is 4.54. The first-order valence-corrected chi connectivity index (χ1v) is 9.45. The summed E-state index contributed by atoms with van der Waals surface area (Å²) in [6.45, 7) is 7.48. The highest BCUT2D eigenvalue weighted by molar-refractivity contribution is 7.99. The molecular weight excluding hydrogens is 310 g/mol. The summed E-state index contributed by atoms with van der Waals surface area (Å²) in [6.07, 6.45) is 0. The van der Waals surface area contributed by atoms with Gasteiger partial charge in [-0.25, -0.2) is 4.79 Å². The molecule has 2 saturated heterocycles. The summed E-state index contributed by atoms with van der Waals surface area (Å²) in [5, 5.41) is 3.00. The number of carbonyl (C=O) groups excluding carboxylic acids is 1. The van der Waals surface area contributed by atoms with Gasteiger partial charge >= 0.3 is 6.03 Å². The van der Waals surface area contributed by atoms with E-state index in [4.69, 9.17) is 4.74 Å². The zero-order chi connectivity index (χ0) is 16.1. The molecule has 3 rings (SSSR count). The predicted octanol–water partition coefficient (Wildman–Crippen LogP) is 2.66. The first-order chi connectivity index (χ1) is 11.2. The van der Waals surface area contributed by atoms with Crippen LogP contribution in [0.1, 0.15) is 18.5 Å². The fourth-order valence-corrected chi connectivity index (χ4v) is 3.89. The Labute approximate surface area is 142 Å². The number of carbonyl (C=O) groups is 1. The molecule has 1 aromatic rings. The van der Waals surface area contributed by atoms with Crippen LogP contribution >= 0.6 is 11.8 Å². The fourth-order valence-electron chi connectivity index (χ4n) is 2.99. The van der Waals surface area contributed by atoms with Crippen molar-refractivity contribution in [1.82, 2.24) is 9.80 Å². The number of urea groups is 1. The van der Waals surface area contributed by atoms with Crippen molar-refractivity contribution in [3.8, 4) is 0 Å². The molecule has 5 nitrogen and oxygen atoms in total. The number of thioether (sulfide) groups is 1. The van der Waals surface area contributed by atoms with Gasteiger partial charge in [-0.3, -0.25) is 4.90 Å². The minimum absolute atomic E-state index is 0.0132. The number of amides is 2. The number of nitrogens with zero attached hydrogens (tertiary/aromatic N) is 2. The lowest BCUT2D eigenvalue weighted by Gasteiger charge is -2.32. The SMILES string of the molecule is C[C@@H](c1ccc(NC(=O)N2CCSCC2)cc1)N1CCOCC1. The van der Waals surface area contributed by atoms with E-state index in [1.54, 1.807) is 0 Å². The normalized spacial score (nSPS) is 21.0. The monoisotopic (exact) mass is 335 g/mol. The van der Waals surface area contributed by atoms with E-state index in [0.29, 0.717) is 6.04 Å². The molecule has 2 heterocycles. The van der Waals surface area contributed by atoms with Crippen LogP contribution in [0.25, 0.3) is 0 Å². The summed E-state index contributed by atoms with van der Waals surface area (Å²) in [5.74, 6) is 2.06. The molecule has 2 aliphatic heterocycles. The number of morpholine rings is 1. The van der Waals surface area contributed by atoms with Crippen LogP contribution in [0.5, 0.6) is 0 Å². The van der Waals surface area contributed by atoms with Crippen LogP contribution in [0.3, 0.4) is 0 Å². The van der Waals surface area contributed by atoms with E-state index >= 15 is 0 Å². The topological polar surface area (TPSA) is 44.8 Å². The molecule has 6 heteroatoms. The van der Waals surface area contributed by atoms with Gasteiger partial charge < -0.3 is 15.0 Å². The number of nitrogens with one attached hydrogen (secondary N) is 1. The van der Waals surface area contributed by atoms with E-state index in [9.17, 15) is 4.79 Å². The molecule has 0 unspecified atom stereocenters. The summed E-state index contributed by atoms with van der Waals surface area (Å²) < 4.78 is 5.41. The maximum atomic E-state index is 12.2. The summed E-state index contributed by atoms with van der Waals surface area (Å²) in [5.41, 5.74) is 2.14. The minimum Gasteiger partial charge on any atom is -0.379 e. The Kier molecular flexibility index (Phi) is 5.80. The van der Waals surface area contributed by atoms with E-state index in [2.05, 4.69) is 29.3 Å². The summed E-state index contributed by atoms with van der Waals surface area (Å²) in [7, 11) is 0. The zero-order valence-corrected chi connectivity index (χ0v) is 14.5. The third kappa shape index (κ3) is 4.40. The van der Waals surface area contributed by atoms with Crippen LogP contribution in [0.4, 0.5) is 10.5 Å². The average molecular weight is 335 g/mol. The number of ether oxygens (including phenoxy) is 1. The molecule has 0 aliphatic carbocycles. The standard InChI is InChI=1S/C17H25N3O2S/c1-14(19-6-10-22-11-7-19)15-2-4-16(5-3-15)18-17(21)20-8-12-23-13-9-20/h2-5,14H,6-13H2,1H3,(H,18,21)/t14-/m0/s1. The zero-order valence-electron chi connectivity index (χ0n) is 13.7. The van der Waals surface area contributed by atoms with Gasteiger partial charge in [0.25, 0.3) is 0 Å². The van der Waals surface area contributed by atoms with E-state index < -0.39 is 0 Å². The van der Waals surface area contributed by atoms with Crippen LogP contribution in [-0.2, 0) is 4.74 Å². The molecule has 0 spiro atoms. The van der Waals surface area contributed by atoms with Gasteiger partial charge in [-0.2, -0.15) is 11.8 Å². The van der Waals surface area contributed by atoms with Crippen molar-refractivity contribution in [1.29, 1.82) is 0 Å². The van der Waals surface area contributed by atoms with Crippen LogP contribution < -0.4 is 5.32 Å². The van der Waals surface area contributed by atoms with Crippen molar-refractivity contribution >= 4 is 23.5 Å². The van der Waals surface area contributed by atoms with Gasteiger partial charge in [-0.05, 0) is 24.6 Å². The molecular formula is C17H25N3O2S. The van der Waals surface area contributed by atoms with Crippen LogP contribution in [0.2, 0.25) is 0 Å². The van der Waals surface area contributed by atoms with E-state index in [1.165, 1.54) is 5.56 Å². The number of hydrogen-bond donors (Lipinski definition) is 1. The van der Waals surface area contributed by atoms with E-state index in [0.717, 1.165) is 56.6 Å². The predicted molar refractivity (Wildman–Crippen MR) is 95.2 cm³/mol. The Morgan fingerprint density at radius 2 is 1.78 bits per heavy atom. The second kappa shape index (κ2) is 8.04.